The molecule has 0 spiro atoms. The minimum atomic E-state index is 0.124. The molecule has 2 aromatic carbocycles. The molecule has 28 heavy (non-hydrogen) atoms. The highest BCUT2D eigenvalue weighted by Crippen LogP contribution is 2.27. The second kappa shape index (κ2) is 8.93. The van der Waals surface area contributed by atoms with Gasteiger partial charge in [-0.05, 0) is 35.4 Å². The molecule has 1 aliphatic heterocycles. The first-order valence-electron chi connectivity index (χ1n) is 9.23. The molecule has 0 bridgehead atoms. The summed E-state index contributed by atoms with van der Waals surface area (Å²) in [5.74, 6) is 0.770. The fourth-order valence-corrected chi connectivity index (χ4v) is 3.59. The highest BCUT2D eigenvalue weighted by Gasteiger charge is 2.21. The van der Waals surface area contributed by atoms with Gasteiger partial charge in [-0.2, -0.15) is 0 Å². The number of pyridine rings is 1. The Morgan fingerprint density at radius 2 is 1.89 bits per heavy atom. The molecule has 4 nitrogen and oxygen atoms in total. The van der Waals surface area contributed by atoms with Crippen molar-refractivity contribution in [2.75, 3.05) is 25.0 Å². The molecular weight excluding hydrogens is 393 g/mol. The van der Waals surface area contributed by atoms with Crippen molar-refractivity contribution in [2.45, 2.75) is 12.6 Å². The van der Waals surface area contributed by atoms with Gasteiger partial charge in [0.25, 0.3) is 0 Å². The molecule has 0 saturated carbocycles. The van der Waals surface area contributed by atoms with E-state index >= 15 is 0 Å². The van der Waals surface area contributed by atoms with E-state index in [4.69, 9.17) is 27.9 Å². The number of halogens is 2. The first-order valence-corrected chi connectivity index (χ1v) is 9.99. The Balaban J connectivity index is 1.37. The van der Waals surface area contributed by atoms with Crippen molar-refractivity contribution in [3.8, 4) is 0 Å². The van der Waals surface area contributed by atoms with Gasteiger partial charge in [-0.1, -0.05) is 59.6 Å². The van der Waals surface area contributed by atoms with Crippen molar-refractivity contribution < 1.29 is 4.74 Å². The summed E-state index contributed by atoms with van der Waals surface area (Å²) in [4.78, 5) is 6.93. The second-order valence-corrected chi connectivity index (χ2v) is 7.63. The highest BCUT2D eigenvalue weighted by atomic mass is 35.5. The molecule has 0 aliphatic carbocycles. The molecule has 1 aliphatic rings. The standard InChI is InChI=1S/C22H21Cl2N3O/c23-19-8-7-18(12-20(19)24)26-22-9-6-16(13-25-22)14-27-10-11-28-21(15-27)17-4-2-1-3-5-17/h1-9,12-13,21H,10-11,14-15H2,(H,25,26)/t21-/m1/s1. The van der Waals surface area contributed by atoms with E-state index in [2.05, 4.69) is 45.5 Å². The Morgan fingerprint density at radius 3 is 2.64 bits per heavy atom. The van der Waals surface area contributed by atoms with E-state index in [1.54, 1.807) is 12.1 Å². The quantitative estimate of drug-likeness (QED) is 0.581. The van der Waals surface area contributed by atoms with Gasteiger partial charge in [-0.15, -0.1) is 0 Å². The Morgan fingerprint density at radius 1 is 1.04 bits per heavy atom. The third kappa shape index (κ3) is 4.83. The van der Waals surface area contributed by atoms with Gasteiger partial charge < -0.3 is 10.1 Å². The fourth-order valence-electron chi connectivity index (χ4n) is 3.29. The molecule has 144 valence electrons. The van der Waals surface area contributed by atoms with Crippen LogP contribution in [0.15, 0.2) is 66.9 Å². The lowest BCUT2D eigenvalue weighted by atomic mass is 10.1. The van der Waals surface area contributed by atoms with Crippen LogP contribution in [-0.2, 0) is 11.3 Å². The summed E-state index contributed by atoms with van der Waals surface area (Å²) < 4.78 is 5.95. The average molecular weight is 414 g/mol. The van der Waals surface area contributed by atoms with Gasteiger partial charge >= 0.3 is 0 Å². The average Bonchev–Trinajstić information content (AvgIpc) is 2.73. The maximum Gasteiger partial charge on any atom is 0.130 e. The van der Waals surface area contributed by atoms with Crippen LogP contribution >= 0.6 is 23.2 Å². The molecule has 6 heteroatoms. The van der Waals surface area contributed by atoms with Crippen LogP contribution in [-0.4, -0.2) is 29.6 Å². The van der Waals surface area contributed by atoms with Crippen LogP contribution in [0.2, 0.25) is 10.0 Å². The summed E-state index contributed by atoms with van der Waals surface area (Å²) in [7, 11) is 0. The summed E-state index contributed by atoms with van der Waals surface area (Å²) in [5, 5.41) is 4.30. The summed E-state index contributed by atoms with van der Waals surface area (Å²) in [5.41, 5.74) is 3.26. The Kier molecular flexibility index (Phi) is 6.13. The summed E-state index contributed by atoms with van der Waals surface area (Å²) in [6, 6.07) is 19.9. The zero-order valence-corrected chi connectivity index (χ0v) is 16.8. The van der Waals surface area contributed by atoms with Crippen molar-refractivity contribution >= 4 is 34.7 Å². The Labute approximate surface area is 175 Å². The van der Waals surface area contributed by atoms with E-state index in [0.717, 1.165) is 37.7 Å². The minimum absolute atomic E-state index is 0.124. The van der Waals surface area contributed by atoms with Crippen LogP contribution in [0.4, 0.5) is 11.5 Å². The van der Waals surface area contributed by atoms with Crippen molar-refractivity contribution in [1.82, 2.24) is 9.88 Å². The third-order valence-corrected chi connectivity index (χ3v) is 5.48. The van der Waals surface area contributed by atoms with E-state index in [0.29, 0.717) is 10.0 Å². The molecule has 1 aromatic heterocycles. The van der Waals surface area contributed by atoms with Crippen LogP contribution in [0.3, 0.4) is 0 Å². The Hall–Kier alpha value is -2.11. The number of hydrogen-bond donors (Lipinski definition) is 1. The number of rotatable bonds is 5. The topological polar surface area (TPSA) is 37.4 Å². The highest BCUT2D eigenvalue weighted by molar-refractivity contribution is 6.42. The molecule has 4 rings (SSSR count). The normalized spacial score (nSPS) is 17.4. The molecule has 0 unspecified atom stereocenters. The number of nitrogens with zero attached hydrogens (tertiary/aromatic N) is 2. The van der Waals surface area contributed by atoms with Gasteiger partial charge in [-0.3, -0.25) is 4.90 Å². The van der Waals surface area contributed by atoms with Crippen molar-refractivity contribution in [3.05, 3.63) is 88.0 Å². The van der Waals surface area contributed by atoms with E-state index in [-0.39, 0.29) is 6.10 Å². The minimum Gasteiger partial charge on any atom is -0.371 e. The second-order valence-electron chi connectivity index (χ2n) is 6.81. The van der Waals surface area contributed by atoms with Gasteiger partial charge in [0.05, 0.1) is 22.8 Å². The maximum absolute atomic E-state index is 6.06. The summed E-state index contributed by atoms with van der Waals surface area (Å²) in [6.45, 7) is 3.40. The monoisotopic (exact) mass is 413 g/mol. The van der Waals surface area contributed by atoms with E-state index in [1.165, 1.54) is 11.1 Å². The predicted molar refractivity (Wildman–Crippen MR) is 114 cm³/mol. The maximum atomic E-state index is 6.06. The van der Waals surface area contributed by atoms with Crippen LogP contribution in [0.5, 0.6) is 0 Å². The lowest BCUT2D eigenvalue weighted by Gasteiger charge is -2.33. The number of ether oxygens (including phenoxy) is 1. The zero-order chi connectivity index (χ0) is 19.3. The zero-order valence-electron chi connectivity index (χ0n) is 15.3. The van der Waals surface area contributed by atoms with Crippen molar-refractivity contribution in [3.63, 3.8) is 0 Å². The molecule has 3 aromatic rings. The smallest absolute Gasteiger partial charge is 0.130 e. The molecule has 1 atom stereocenters. The SMILES string of the molecule is Clc1ccc(Nc2ccc(CN3CCO[C@@H](c4ccccc4)C3)cn2)cc1Cl. The first-order chi connectivity index (χ1) is 13.7. The molecule has 0 radical (unpaired) electrons. The van der Waals surface area contributed by atoms with E-state index in [9.17, 15) is 0 Å². The van der Waals surface area contributed by atoms with Crippen molar-refractivity contribution in [1.29, 1.82) is 0 Å². The number of aromatic nitrogens is 1. The molecule has 0 amide bonds. The van der Waals surface area contributed by atoms with Gasteiger partial charge in [0.2, 0.25) is 0 Å². The lowest BCUT2D eigenvalue weighted by molar-refractivity contribution is -0.0329. The van der Waals surface area contributed by atoms with Gasteiger partial charge in [0, 0.05) is 31.5 Å². The molecular formula is C22H21Cl2N3O. The number of morpholine rings is 1. The van der Waals surface area contributed by atoms with E-state index < -0.39 is 0 Å². The largest absolute Gasteiger partial charge is 0.371 e. The van der Waals surface area contributed by atoms with Crippen LogP contribution in [0, 0.1) is 0 Å². The lowest BCUT2D eigenvalue weighted by Crippen LogP contribution is -2.37. The third-order valence-electron chi connectivity index (χ3n) is 4.74. The Bertz CT molecular complexity index is 919. The van der Waals surface area contributed by atoms with Gasteiger partial charge in [0.15, 0.2) is 0 Å². The van der Waals surface area contributed by atoms with E-state index in [1.807, 2.05) is 24.4 Å². The van der Waals surface area contributed by atoms with Gasteiger partial charge in [-0.25, -0.2) is 4.98 Å². The first kappa shape index (κ1) is 19.2. The number of benzene rings is 2. The number of nitrogens with one attached hydrogen (secondary N) is 1. The molecule has 1 saturated heterocycles. The van der Waals surface area contributed by atoms with Crippen molar-refractivity contribution in [2.24, 2.45) is 0 Å². The van der Waals surface area contributed by atoms with Gasteiger partial charge in [0.1, 0.15) is 5.82 Å². The summed E-state index contributed by atoms with van der Waals surface area (Å²) >= 11 is 12.0. The summed E-state index contributed by atoms with van der Waals surface area (Å²) in [6.07, 6.45) is 2.03. The molecule has 1 N–H and O–H groups in total. The molecule has 2 heterocycles. The van der Waals surface area contributed by atoms with Crippen LogP contribution < -0.4 is 5.32 Å². The predicted octanol–water partition coefficient (Wildman–Crippen LogP) is 5.71. The number of anilines is 2. The van der Waals surface area contributed by atoms with Crippen LogP contribution in [0.1, 0.15) is 17.2 Å². The molecule has 1 fully saturated rings. The fraction of sp³-hybridized carbons (Fsp3) is 0.227. The van der Waals surface area contributed by atoms with Crippen LogP contribution in [0.25, 0.3) is 0 Å². The number of hydrogen-bond acceptors (Lipinski definition) is 4.